The summed E-state index contributed by atoms with van der Waals surface area (Å²) in [6.45, 7) is 4.22. The Morgan fingerprint density at radius 3 is 2.48 bits per heavy atom. The maximum absolute atomic E-state index is 12.2. The molecule has 1 atom stereocenters. The quantitative estimate of drug-likeness (QED) is 0.669. The molecule has 0 bridgehead atoms. The SMILES string of the molecule is CCN1CCc2ccc(OCC(=O)Nc3ccccc3)cc2[C@@H]1c1ccccc1. The molecule has 0 spiro atoms. The van der Waals surface area contributed by atoms with Gasteiger partial charge in [0.15, 0.2) is 6.61 Å². The second-order valence-electron chi connectivity index (χ2n) is 7.26. The molecule has 4 nitrogen and oxygen atoms in total. The lowest BCUT2D eigenvalue weighted by atomic mass is 9.88. The maximum atomic E-state index is 12.2. The molecule has 0 aromatic heterocycles. The molecule has 1 heterocycles. The Morgan fingerprint density at radius 1 is 1.03 bits per heavy atom. The minimum absolute atomic E-state index is 0.0127. The van der Waals surface area contributed by atoms with Crippen LogP contribution >= 0.6 is 0 Å². The van der Waals surface area contributed by atoms with Crippen molar-refractivity contribution in [3.63, 3.8) is 0 Å². The summed E-state index contributed by atoms with van der Waals surface area (Å²) in [5, 5.41) is 2.85. The van der Waals surface area contributed by atoms with Gasteiger partial charge in [0, 0.05) is 12.2 Å². The van der Waals surface area contributed by atoms with Crippen LogP contribution in [-0.4, -0.2) is 30.5 Å². The van der Waals surface area contributed by atoms with Crippen molar-refractivity contribution in [2.75, 3.05) is 25.0 Å². The zero-order valence-corrected chi connectivity index (χ0v) is 16.7. The highest BCUT2D eigenvalue weighted by Gasteiger charge is 2.28. The highest BCUT2D eigenvalue weighted by Crippen LogP contribution is 2.36. The van der Waals surface area contributed by atoms with E-state index in [1.807, 2.05) is 36.4 Å². The van der Waals surface area contributed by atoms with Crippen molar-refractivity contribution >= 4 is 11.6 Å². The molecule has 4 heteroatoms. The van der Waals surface area contributed by atoms with Crippen LogP contribution in [0.15, 0.2) is 78.9 Å². The predicted octanol–water partition coefficient (Wildman–Crippen LogP) is 4.67. The number of likely N-dealkylation sites (N-methyl/N-ethyl adjacent to an activating group) is 1. The number of nitrogens with one attached hydrogen (secondary N) is 1. The van der Waals surface area contributed by atoms with Gasteiger partial charge in [-0.25, -0.2) is 0 Å². The molecule has 148 valence electrons. The molecule has 1 N–H and O–H groups in total. The van der Waals surface area contributed by atoms with E-state index >= 15 is 0 Å². The molecular weight excluding hydrogens is 360 g/mol. The summed E-state index contributed by atoms with van der Waals surface area (Å²) in [5.74, 6) is 0.564. The van der Waals surface area contributed by atoms with Gasteiger partial charge in [-0.1, -0.05) is 61.5 Å². The monoisotopic (exact) mass is 386 g/mol. The van der Waals surface area contributed by atoms with E-state index < -0.39 is 0 Å². The topological polar surface area (TPSA) is 41.6 Å². The summed E-state index contributed by atoms with van der Waals surface area (Å²) in [5.41, 5.74) is 4.68. The number of nitrogens with zero attached hydrogens (tertiary/aromatic N) is 1. The van der Waals surface area contributed by atoms with Crippen LogP contribution in [0.5, 0.6) is 5.75 Å². The summed E-state index contributed by atoms with van der Waals surface area (Å²) in [4.78, 5) is 14.7. The van der Waals surface area contributed by atoms with Crippen molar-refractivity contribution < 1.29 is 9.53 Å². The Morgan fingerprint density at radius 2 is 1.76 bits per heavy atom. The molecule has 1 aliphatic rings. The molecule has 3 aromatic rings. The number of benzene rings is 3. The average molecular weight is 386 g/mol. The van der Waals surface area contributed by atoms with E-state index in [4.69, 9.17) is 4.74 Å². The van der Waals surface area contributed by atoms with Gasteiger partial charge in [-0.05, 0) is 53.9 Å². The summed E-state index contributed by atoms with van der Waals surface area (Å²) >= 11 is 0. The van der Waals surface area contributed by atoms with Crippen LogP contribution in [0.2, 0.25) is 0 Å². The van der Waals surface area contributed by atoms with E-state index in [1.54, 1.807) is 0 Å². The minimum atomic E-state index is -0.163. The van der Waals surface area contributed by atoms with Gasteiger partial charge >= 0.3 is 0 Å². The lowest BCUT2D eigenvalue weighted by Crippen LogP contribution is -2.35. The number of ether oxygens (including phenoxy) is 1. The Kier molecular flexibility index (Phi) is 5.92. The summed E-state index contributed by atoms with van der Waals surface area (Å²) in [6.07, 6.45) is 1.03. The Balaban J connectivity index is 1.51. The van der Waals surface area contributed by atoms with Gasteiger partial charge in [0.05, 0.1) is 6.04 Å². The highest BCUT2D eigenvalue weighted by molar-refractivity contribution is 5.91. The third kappa shape index (κ3) is 4.49. The van der Waals surface area contributed by atoms with Crippen molar-refractivity contribution in [2.24, 2.45) is 0 Å². The molecule has 1 amide bonds. The minimum Gasteiger partial charge on any atom is -0.484 e. The second kappa shape index (κ2) is 8.93. The maximum Gasteiger partial charge on any atom is 0.262 e. The van der Waals surface area contributed by atoms with Crippen LogP contribution in [0.4, 0.5) is 5.69 Å². The van der Waals surface area contributed by atoms with Crippen molar-refractivity contribution in [3.8, 4) is 5.75 Å². The van der Waals surface area contributed by atoms with Crippen LogP contribution in [0.1, 0.15) is 29.7 Å². The fourth-order valence-corrected chi connectivity index (χ4v) is 3.97. The number of para-hydroxylation sites is 1. The zero-order valence-electron chi connectivity index (χ0n) is 16.7. The van der Waals surface area contributed by atoms with Gasteiger partial charge < -0.3 is 10.1 Å². The van der Waals surface area contributed by atoms with Gasteiger partial charge in [-0.3, -0.25) is 9.69 Å². The number of anilines is 1. The number of hydrogen-bond acceptors (Lipinski definition) is 3. The second-order valence-corrected chi connectivity index (χ2v) is 7.26. The van der Waals surface area contributed by atoms with Crippen LogP contribution in [-0.2, 0) is 11.2 Å². The Bertz CT molecular complexity index is 957. The number of hydrogen-bond donors (Lipinski definition) is 1. The third-order valence-corrected chi connectivity index (χ3v) is 5.39. The van der Waals surface area contributed by atoms with E-state index in [2.05, 4.69) is 59.6 Å². The molecular formula is C25H26N2O2. The summed E-state index contributed by atoms with van der Waals surface area (Å²) < 4.78 is 5.83. The first-order valence-corrected chi connectivity index (χ1v) is 10.1. The molecule has 4 rings (SSSR count). The van der Waals surface area contributed by atoms with Gasteiger partial charge in [0.25, 0.3) is 5.91 Å². The van der Waals surface area contributed by atoms with Crippen LogP contribution in [0.25, 0.3) is 0 Å². The summed E-state index contributed by atoms with van der Waals surface area (Å²) in [6, 6.07) is 26.5. The molecule has 29 heavy (non-hydrogen) atoms. The largest absolute Gasteiger partial charge is 0.484 e. The number of amides is 1. The normalized spacial score (nSPS) is 16.1. The number of fused-ring (bicyclic) bond motifs is 1. The predicted molar refractivity (Wildman–Crippen MR) is 116 cm³/mol. The molecule has 0 aliphatic carbocycles. The summed E-state index contributed by atoms with van der Waals surface area (Å²) in [7, 11) is 0. The van der Waals surface area contributed by atoms with Gasteiger partial charge in [-0.2, -0.15) is 0 Å². The van der Waals surface area contributed by atoms with Crippen molar-refractivity contribution in [2.45, 2.75) is 19.4 Å². The standard InChI is InChI=1S/C25H26N2O2/c1-2-27-16-15-19-13-14-22(17-23(19)25(27)20-9-5-3-6-10-20)29-18-24(28)26-21-11-7-4-8-12-21/h3-14,17,25H,2,15-16,18H2,1H3,(H,26,28)/t25-/m0/s1. The van der Waals surface area contributed by atoms with E-state index in [-0.39, 0.29) is 18.6 Å². The molecule has 0 fully saturated rings. The molecule has 0 unspecified atom stereocenters. The van der Waals surface area contributed by atoms with E-state index in [0.717, 1.165) is 30.9 Å². The highest BCUT2D eigenvalue weighted by atomic mass is 16.5. The fraction of sp³-hybridized carbons (Fsp3) is 0.240. The van der Waals surface area contributed by atoms with Gasteiger partial charge in [0.2, 0.25) is 0 Å². The van der Waals surface area contributed by atoms with Crippen molar-refractivity contribution in [1.82, 2.24) is 4.90 Å². The zero-order chi connectivity index (χ0) is 20.1. The molecule has 1 aliphatic heterocycles. The first-order chi connectivity index (χ1) is 14.2. The molecule has 0 radical (unpaired) electrons. The van der Waals surface area contributed by atoms with E-state index in [0.29, 0.717) is 0 Å². The molecule has 3 aromatic carbocycles. The lowest BCUT2D eigenvalue weighted by molar-refractivity contribution is -0.118. The Hall–Kier alpha value is -3.11. The van der Waals surface area contributed by atoms with E-state index in [1.165, 1.54) is 16.7 Å². The van der Waals surface area contributed by atoms with E-state index in [9.17, 15) is 4.79 Å². The van der Waals surface area contributed by atoms with Gasteiger partial charge in [-0.15, -0.1) is 0 Å². The smallest absolute Gasteiger partial charge is 0.262 e. The number of rotatable bonds is 6. The molecule has 0 saturated heterocycles. The van der Waals surface area contributed by atoms with Crippen LogP contribution in [0, 0.1) is 0 Å². The van der Waals surface area contributed by atoms with Crippen LogP contribution in [0.3, 0.4) is 0 Å². The average Bonchev–Trinajstić information content (AvgIpc) is 2.78. The number of carbonyl (C=O) groups is 1. The fourth-order valence-electron chi connectivity index (χ4n) is 3.97. The molecule has 0 saturated carbocycles. The first kappa shape index (κ1) is 19.2. The third-order valence-electron chi connectivity index (χ3n) is 5.39. The van der Waals surface area contributed by atoms with Crippen LogP contribution < -0.4 is 10.1 Å². The van der Waals surface area contributed by atoms with Crippen molar-refractivity contribution in [3.05, 3.63) is 95.6 Å². The first-order valence-electron chi connectivity index (χ1n) is 10.1. The Labute approximate surface area is 172 Å². The van der Waals surface area contributed by atoms with Crippen molar-refractivity contribution in [1.29, 1.82) is 0 Å². The number of carbonyl (C=O) groups excluding carboxylic acids is 1. The lowest BCUT2D eigenvalue weighted by Gasteiger charge is -2.37. The van der Waals surface area contributed by atoms with Gasteiger partial charge in [0.1, 0.15) is 5.75 Å².